The second-order valence-electron chi connectivity index (χ2n) is 10.4. The van der Waals surface area contributed by atoms with E-state index >= 15 is 0 Å². The molecule has 7 heteroatoms. The second-order valence-corrected chi connectivity index (χ2v) is 10.4. The molecule has 2 aromatic rings. The third-order valence-corrected chi connectivity index (χ3v) is 8.07. The molecule has 178 valence electrons. The third kappa shape index (κ3) is 3.96. The summed E-state index contributed by atoms with van der Waals surface area (Å²) in [6, 6.07) is 8.24. The number of hydrogen-bond donors (Lipinski definition) is 1. The molecule has 1 aromatic carbocycles. The Balaban J connectivity index is 1.08. The lowest BCUT2D eigenvalue weighted by Crippen LogP contribution is -2.49. The van der Waals surface area contributed by atoms with E-state index in [1.807, 2.05) is 6.07 Å². The van der Waals surface area contributed by atoms with Crippen molar-refractivity contribution in [3.63, 3.8) is 0 Å². The van der Waals surface area contributed by atoms with Crippen molar-refractivity contribution in [3.05, 3.63) is 64.6 Å². The van der Waals surface area contributed by atoms with Crippen LogP contribution in [0.25, 0.3) is 0 Å². The number of piperidine rings is 2. The van der Waals surface area contributed by atoms with E-state index in [1.54, 1.807) is 4.90 Å². The van der Waals surface area contributed by atoms with E-state index in [1.165, 1.54) is 29.8 Å². The number of fused-ring (bicyclic) bond motifs is 2. The normalized spacial score (nSPS) is 23.7. The Kier molecular flexibility index (Phi) is 5.52. The third-order valence-electron chi connectivity index (χ3n) is 8.07. The maximum atomic E-state index is 13.0. The average Bonchev–Trinajstić information content (AvgIpc) is 3.39. The number of amides is 2. The van der Waals surface area contributed by atoms with Crippen LogP contribution in [-0.2, 0) is 30.8 Å². The Morgan fingerprint density at radius 2 is 1.88 bits per heavy atom. The van der Waals surface area contributed by atoms with Crippen molar-refractivity contribution in [2.24, 2.45) is 0 Å². The van der Waals surface area contributed by atoms with Gasteiger partial charge in [-0.25, -0.2) is 0 Å². The summed E-state index contributed by atoms with van der Waals surface area (Å²) < 4.78 is 2.20. The van der Waals surface area contributed by atoms with Gasteiger partial charge < -0.3 is 10.2 Å². The van der Waals surface area contributed by atoms with Gasteiger partial charge in [-0.3, -0.25) is 19.2 Å². The van der Waals surface area contributed by atoms with Crippen molar-refractivity contribution in [1.82, 2.24) is 24.9 Å². The van der Waals surface area contributed by atoms with Crippen molar-refractivity contribution in [1.29, 1.82) is 0 Å². The van der Waals surface area contributed by atoms with Crippen LogP contribution in [0, 0.1) is 0 Å². The molecule has 4 aliphatic heterocycles. The molecule has 0 saturated carbocycles. The summed E-state index contributed by atoms with van der Waals surface area (Å²) >= 11 is 0. The Labute approximate surface area is 200 Å². The molecule has 7 nitrogen and oxygen atoms in total. The SMILES string of the molecule is C=C1CCC(N2Cc3cc(C4CCN(Cc5cc6n(n5)CCCC6)CC4)ccc3C2=O)C(=O)N1. The van der Waals surface area contributed by atoms with Gasteiger partial charge >= 0.3 is 0 Å². The van der Waals surface area contributed by atoms with Crippen molar-refractivity contribution in [2.75, 3.05) is 13.1 Å². The van der Waals surface area contributed by atoms with Crippen LogP contribution in [0.15, 0.2) is 36.5 Å². The van der Waals surface area contributed by atoms with Crippen LogP contribution in [0.4, 0.5) is 0 Å². The van der Waals surface area contributed by atoms with Crippen LogP contribution in [0.3, 0.4) is 0 Å². The zero-order valence-electron chi connectivity index (χ0n) is 19.8. The highest BCUT2D eigenvalue weighted by molar-refractivity contribution is 6.01. The first-order valence-electron chi connectivity index (χ1n) is 12.8. The first kappa shape index (κ1) is 21.6. The minimum atomic E-state index is -0.397. The van der Waals surface area contributed by atoms with Gasteiger partial charge in [0.25, 0.3) is 5.91 Å². The highest BCUT2D eigenvalue weighted by atomic mass is 16.2. The summed E-state index contributed by atoms with van der Waals surface area (Å²) in [4.78, 5) is 29.7. The molecule has 1 unspecified atom stereocenters. The lowest BCUT2D eigenvalue weighted by molar-refractivity contribution is -0.126. The van der Waals surface area contributed by atoms with Gasteiger partial charge in [0.2, 0.25) is 5.91 Å². The van der Waals surface area contributed by atoms with Crippen molar-refractivity contribution in [3.8, 4) is 0 Å². The monoisotopic (exact) mass is 459 g/mol. The molecule has 0 radical (unpaired) electrons. The van der Waals surface area contributed by atoms with Gasteiger partial charge in [0.15, 0.2) is 0 Å². The molecule has 34 heavy (non-hydrogen) atoms. The fourth-order valence-corrected chi connectivity index (χ4v) is 6.14. The van der Waals surface area contributed by atoms with E-state index in [-0.39, 0.29) is 11.8 Å². The average molecular weight is 460 g/mol. The van der Waals surface area contributed by atoms with E-state index in [4.69, 9.17) is 5.10 Å². The minimum Gasteiger partial charge on any atom is -0.329 e. The standard InChI is InChI=1S/C27H33N5O2/c1-18-5-8-25(26(33)28-18)31-16-21-14-20(6-7-24(21)27(31)34)19-9-12-30(13-10-19)17-22-15-23-4-2-3-11-32(23)29-22/h6-7,14-15,19,25H,1-5,8-13,16-17H2,(H,28,33). The maximum absolute atomic E-state index is 13.0. The van der Waals surface area contributed by atoms with Crippen LogP contribution in [0.5, 0.6) is 0 Å². The Morgan fingerprint density at radius 1 is 1.03 bits per heavy atom. The van der Waals surface area contributed by atoms with Crippen LogP contribution < -0.4 is 5.32 Å². The fourth-order valence-electron chi connectivity index (χ4n) is 6.14. The summed E-state index contributed by atoms with van der Waals surface area (Å²) in [5.41, 5.74) is 6.49. The van der Waals surface area contributed by atoms with E-state index < -0.39 is 6.04 Å². The van der Waals surface area contributed by atoms with Crippen molar-refractivity contribution >= 4 is 11.8 Å². The van der Waals surface area contributed by atoms with Crippen molar-refractivity contribution < 1.29 is 9.59 Å². The predicted molar refractivity (Wildman–Crippen MR) is 129 cm³/mol. The summed E-state index contributed by atoms with van der Waals surface area (Å²) in [5.74, 6) is 0.387. The van der Waals surface area contributed by atoms with Crippen LogP contribution in [0.2, 0.25) is 0 Å². The minimum absolute atomic E-state index is 0.0215. The predicted octanol–water partition coefficient (Wildman–Crippen LogP) is 3.35. The molecule has 1 N–H and O–H groups in total. The summed E-state index contributed by atoms with van der Waals surface area (Å²) in [6.45, 7) is 8.52. The Bertz CT molecular complexity index is 1120. The van der Waals surface area contributed by atoms with Crippen LogP contribution in [-0.4, -0.2) is 50.5 Å². The maximum Gasteiger partial charge on any atom is 0.255 e. The summed E-state index contributed by atoms with van der Waals surface area (Å²) in [7, 11) is 0. The van der Waals surface area contributed by atoms with Gasteiger partial charge in [-0.05, 0) is 87.2 Å². The number of likely N-dealkylation sites (tertiary alicyclic amines) is 1. The number of hydrogen-bond acceptors (Lipinski definition) is 4. The van der Waals surface area contributed by atoms with Crippen molar-refractivity contribution in [2.45, 2.75) is 76.5 Å². The summed E-state index contributed by atoms with van der Waals surface area (Å²) in [6.07, 6.45) is 7.30. The lowest BCUT2D eigenvalue weighted by atomic mass is 9.88. The van der Waals surface area contributed by atoms with Gasteiger partial charge in [0.05, 0.1) is 5.69 Å². The highest BCUT2D eigenvalue weighted by Gasteiger charge is 2.38. The molecule has 6 rings (SSSR count). The van der Waals surface area contributed by atoms with Gasteiger partial charge in [-0.15, -0.1) is 0 Å². The number of carbonyl (C=O) groups is 2. The molecule has 2 amide bonds. The van der Waals surface area contributed by atoms with Gasteiger partial charge in [0, 0.05) is 36.6 Å². The number of allylic oxidation sites excluding steroid dienone is 1. The molecular weight excluding hydrogens is 426 g/mol. The number of carbonyl (C=O) groups excluding carboxylic acids is 2. The lowest BCUT2D eigenvalue weighted by Gasteiger charge is -2.32. The molecule has 2 saturated heterocycles. The van der Waals surface area contributed by atoms with E-state index in [9.17, 15) is 9.59 Å². The number of aromatic nitrogens is 2. The van der Waals surface area contributed by atoms with Gasteiger partial charge in [-0.2, -0.15) is 5.10 Å². The largest absolute Gasteiger partial charge is 0.329 e. The Hall–Kier alpha value is -2.93. The van der Waals surface area contributed by atoms with Crippen LogP contribution >= 0.6 is 0 Å². The van der Waals surface area contributed by atoms with Crippen LogP contribution in [0.1, 0.15) is 77.3 Å². The molecule has 0 spiro atoms. The number of aryl methyl sites for hydroxylation is 2. The molecule has 0 bridgehead atoms. The molecule has 2 fully saturated rings. The molecule has 1 atom stereocenters. The zero-order chi connectivity index (χ0) is 23.2. The second kappa shape index (κ2) is 8.69. The Morgan fingerprint density at radius 3 is 2.68 bits per heavy atom. The van der Waals surface area contributed by atoms with E-state index in [0.29, 0.717) is 18.9 Å². The number of nitrogens with one attached hydrogen (secondary N) is 1. The smallest absolute Gasteiger partial charge is 0.255 e. The quantitative estimate of drug-likeness (QED) is 0.761. The zero-order valence-corrected chi connectivity index (χ0v) is 19.8. The van der Waals surface area contributed by atoms with E-state index in [2.05, 4.69) is 39.7 Å². The van der Waals surface area contributed by atoms with Gasteiger partial charge in [0.1, 0.15) is 6.04 Å². The number of nitrogens with zero attached hydrogens (tertiary/aromatic N) is 4. The number of benzene rings is 1. The topological polar surface area (TPSA) is 70.5 Å². The first-order chi connectivity index (χ1) is 16.5. The van der Waals surface area contributed by atoms with Gasteiger partial charge in [-0.1, -0.05) is 18.7 Å². The summed E-state index contributed by atoms with van der Waals surface area (Å²) in [5, 5.41) is 7.64. The highest BCUT2D eigenvalue weighted by Crippen LogP contribution is 2.34. The molecular formula is C27H33N5O2. The molecule has 1 aromatic heterocycles. The first-order valence-corrected chi connectivity index (χ1v) is 12.8. The number of rotatable bonds is 4. The molecule has 5 heterocycles. The van der Waals surface area contributed by atoms with E-state index in [0.717, 1.165) is 68.7 Å². The molecule has 0 aliphatic carbocycles. The molecule has 4 aliphatic rings. The fraction of sp³-hybridized carbons (Fsp3) is 0.519.